The van der Waals surface area contributed by atoms with Crippen LogP contribution in [0.4, 0.5) is 11.4 Å². The van der Waals surface area contributed by atoms with Crippen molar-refractivity contribution in [2.75, 3.05) is 36.4 Å². The second-order valence-electron chi connectivity index (χ2n) is 9.31. The van der Waals surface area contributed by atoms with Crippen molar-refractivity contribution in [2.24, 2.45) is 0 Å². The molecule has 1 amide bonds. The van der Waals surface area contributed by atoms with Crippen molar-refractivity contribution in [3.05, 3.63) is 78.4 Å². The molecule has 1 saturated heterocycles. The minimum Gasteiger partial charge on any atom is -0.495 e. The highest BCUT2D eigenvalue weighted by Crippen LogP contribution is 2.37. The van der Waals surface area contributed by atoms with E-state index in [2.05, 4.69) is 5.32 Å². The highest BCUT2D eigenvalue weighted by molar-refractivity contribution is 7.92. The molecule has 1 atom stereocenters. The van der Waals surface area contributed by atoms with Gasteiger partial charge in [0.15, 0.2) is 6.10 Å². The molecule has 0 aliphatic carbocycles. The number of benzene rings is 3. The van der Waals surface area contributed by atoms with Crippen LogP contribution >= 0.6 is 0 Å². The number of hydrogen-bond acceptors (Lipinski definition) is 7. The molecule has 12 heteroatoms. The summed E-state index contributed by atoms with van der Waals surface area (Å²) in [4.78, 5) is 13.5. The van der Waals surface area contributed by atoms with E-state index in [4.69, 9.17) is 9.47 Å². The lowest BCUT2D eigenvalue weighted by Gasteiger charge is -2.34. The Kier molecular flexibility index (Phi) is 7.52. The number of fused-ring (bicyclic) bond motifs is 1. The van der Waals surface area contributed by atoms with Gasteiger partial charge in [-0.1, -0.05) is 42.5 Å². The number of methoxy groups -OCH3 is 1. The van der Waals surface area contributed by atoms with E-state index >= 15 is 0 Å². The second kappa shape index (κ2) is 10.9. The molecule has 5 rings (SSSR count). The van der Waals surface area contributed by atoms with E-state index in [9.17, 15) is 21.6 Å². The standard InChI is InChI=1S/C27H29N3O7S2/c1-36-24-14-13-21(39(34,35)29-15-7-8-16-29)17-22(24)28-27(31)26-18-30(23-11-5-6-12-25(23)37-26)38(32,33)19-20-9-3-2-4-10-20/h2-6,9-14,17,26H,7-8,15-16,18-19H2,1H3,(H,28,31)/t26-/m1/s1. The predicted octanol–water partition coefficient (Wildman–Crippen LogP) is 3.22. The molecule has 206 valence electrons. The zero-order chi connectivity index (χ0) is 27.6. The van der Waals surface area contributed by atoms with Crippen LogP contribution < -0.4 is 19.1 Å². The fourth-order valence-corrected chi connectivity index (χ4v) is 7.83. The average Bonchev–Trinajstić information content (AvgIpc) is 3.49. The Morgan fingerprint density at radius 1 is 0.974 bits per heavy atom. The molecule has 2 aliphatic rings. The van der Waals surface area contributed by atoms with Crippen molar-refractivity contribution in [1.29, 1.82) is 0 Å². The normalized spacial score (nSPS) is 17.8. The monoisotopic (exact) mass is 571 g/mol. The first-order valence-corrected chi connectivity index (χ1v) is 15.5. The molecule has 3 aromatic rings. The van der Waals surface area contributed by atoms with Crippen LogP contribution in [0.5, 0.6) is 11.5 Å². The van der Waals surface area contributed by atoms with Crippen LogP contribution in [0.3, 0.4) is 0 Å². The number of amides is 1. The second-order valence-corrected chi connectivity index (χ2v) is 13.1. The van der Waals surface area contributed by atoms with Gasteiger partial charge >= 0.3 is 0 Å². The Hall–Kier alpha value is -3.61. The zero-order valence-electron chi connectivity index (χ0n) is 21.3. The first kappa shape index (κ1) is 27.0. The van der Waals surface area contributed by atoms with Crippen molar-refractivity contribution in [3.63, 3.8) is 0 Å². The lowest BCUT2D eigenvalue weighted by Crippen LogP contribution is -2.49. The van der Waals surface area contributed by atoms with Gasteiger partial charge in [0.1, 0.15) is 11.5 Å². The molecule has 39 heavy (non-hydrogen) atoms. The van der Waals surface area contributed by atoms with E-state index < -0.39 is 32.1 Å². The minimum absolute atomic E-state index is 0.0301. The van der Waals surface area contributed by atoms with Crippen LogP contribution in [-0.2, 0) is 30.6 Å². The summed E-state index contributed by atoms with van der Waals surface area (Å²) in [6, 6.07) is 19.7. The Labute approximate surface area is 228 Å². The summed E-state index contributed by atoms with van der Waals surface area (Å²) in [5.41, 5.74) is 1.10. The first-order valence-electron chi connectivity index (χ1n) is 12.5. The molecule has 1 N–H and O–H groups in total. The molecule has 0 bridgehead atoms. The molecule has 0 aromatic heterocycles. The molecule has 3 aromatic carbocycles. The quantitative estimate of drug-likeness (QED) is 0.441. The van der Waals surface area contributed by atoms with E-state index in [1.807, 2.05) is 0 Å². The lowest BCUT2D eigenvalue weighted by molar-refractivity contribution is -0.122. The van der Waals surface area contributed by atoms with Crippen molar-refractivity contribution in [2.45, 2.75) is 29.6 Å². The number of hydrogen-bond donors (Lipinski definition) is 1. The van der Waals surface area contributed by atoms with Gasteiger partial charge in [0.05, 0.1) is 35.7 Å². The number of carbonyl (C=O) groups excluding carboxylic acids is 1. The van der Waals surface area contributed by atoms with Gasteiger partial charge in [0.25, 0.3) is 5.91 Å². The summed E-state index contributed by atoms with van der Waals surface area (Å²) in [7, 11) is -6.20. The van der Waals surface area contributed by atoms with Crippen molar-refractivity contribution < 1.29 is 31.1 Å². The largest absolute Gasteiger partial charge is 0.495 e. The summed E-state index contributed by atoms with van der Waals surface area (Å²) >= 11 is 0. The molecular weight excluding hydrogens is 542 g/mol. The van der Waals surface area contributed by atoms with Crippen molar-refractivity contribution in [1.82, 2.24) is 4.31 Å². The molecule has 0 unspecified atom stereocenters. The molecule has 0 spiro atoms. The number of sulfonamides is 2. The number of para-hydroxylation sites is 2. The molecule has 0 radical (unpaired) electrons. The van der Waals surface area contributed by atoms with E-state index in [0.717, 1.165) is 12.8 Å². The molecule has 2 aliphatic heterocycles. The molecular formula is C27H29N3O7S2. The third kappa shape index (κ3) is 5.58. The van der Waals surface area contributed by atoms with E-state index in [-0.39, 0.29) is 34.4 Å². The molecule has 10 nitrogen and oxygen atoms in total. The minimum atomic E-state index is -3.87. The van der Waals surface area contributed by atoms with Crippen LogP contribution in [0.1, 0.15) is 18.4 Å². The van der Waals surface area contributed by atoms with E-state index in [1.165, 1.54) is 33.9 Å². The fraction of sp³-hybridized carbons (Fsp3) is 0.296. The van der Waals surface area contributed by atoms with Gasteiger partial charge in [-0.25, -0.2) is 16.8 Å². The van der Waals surface area contributed by atoms with Crippen LogP contribution in [0.15, 0.2) is 77.7 Å². The van der Waals surface area contributed by atoms with Gasteiger partial charge < -0.3 is 14.8 Å². The van der Waals surface area contributed by atoms with Gasteiger partial charge in [0, 0.05) is 13.1 Å². The third-order valence-corrected chi connectivity index (χ3v) is 10.3. The maximum atomic E-state index is 13.5. The van der Waals surface area contributed by atoms with Gasteiger partial charge in [-0.3, -0.25) is 9.10 Å². The number of nitrogens with one attached hydrogen (secondary N) is 1. The fourth-order valence-electron chi connectivity index (χ4n) is 4.70. The van der Waals surface area contributed by atoms with Crippen LogP contribution in [0.25, 0.3) is 0 Å². The summed E-state index contributed by atoms with van der Waals surface area (Å²) in [5.74, 6) is -0.384. The predicted molar refractivity (Wildman–Crippen MR) is 147 cm³/mol. The van der Waals surface area contributed by atoms with Crippen LogP contribution in [0.2, 0.25) is 0 Å². The highest BCUT2D eigenvalue weighted by Gasteiger charge is 2.37. The van der Waals surface area contributed by atoms with Gasteiger partial charge in [-0.05, 0) is 48.7 Å². The molecule has 0 saturated carbocycles. The van der Waals surface area contributed by atoms with Crippen molar-refractivity contribution >= 4 is 37.3 Å². The number of rotatable bonds is 8. The summed E-state index contributed by atoms with van der Waals surface area (Å²) in [5, 5.41) is 2.69. The van der Waals surface area contributed by atoms with Gasteiger partial charge in [-0.2, -0.15) is 4.31 Å². The highest BCUT2D eigenvalue weighted by atomic mass is 32.2. The van der Waals surface area contributed by atoms with Crippen molar-refractivity contribution in [3.8, 4) is 11.5 Å². The Morgan fingerprint density at radius 2 is 1.67 bits per heavy atom. The average molecular weight is 572 g/mol. The lowest BCUT2D eigenvalue weighted by atomic mass is 10.2. The van der Waals surface area contributed by atoms with Gasteiger partial charge in [-0.15, -0.1) is 0 Å². The molecule has 2 heterocycles. The first-order chi connectivity index (χ1) is 18.7. The number of ether oxygens (including phenoxy) is 2. The number of nitrogens with zero attached hydrogens (tertiary/aromatic N) is 2. The van der Waals surface area contributed by atoms with Crippen LogP contribution in [0, 0.1) is 0 Å². The number of anilines is 2. The Balaban J connectivity index is 1.42. The third-order valence-electron chi connectivity index (χ3n) is 6.69. The summed E-state index contributed by atoms with van der Waals surface area (Å²) in [6.45, 7) is 0.628. The Bertz CT molecular complexity index is 1570. The zero-order valence-corrected chi connectivity index (χ0v) is 22.9. The Morgan fingerprint density at radius 3 is 2.38 bits per heavy atom. The van der Waals surface area contributed by atoms with E-state index in [0.29, 0.717) is 24.3 Å². The number of carbonyl (C=O) groups is 1. The van der Waals surface area contributed by atoms with Gasteiger partial charge in [0.2, 0.25) is 20.0 Å². The smallest absolute Gasteiger partial charge is 0.267 e. The topological polar surface area (TPSA) is 122 Å². The summed E-state index contributed by atoms with van der Waals surface area (Å²) < 4.78 is 67.0. The van der Waals surface area contributed by atoms with Crippen LogP contribution in [-0.4, -0.2) is 59.9 Å². The molecule has 1 fully saturated rings. The SMILES string of the molecule is COc1ccc(S(=O)(=O)N2CCCC2)cc1NC(=O)[C@H]1CN(S(=O)(=O)Cc2ccccc2)c2ccccc2O1. The maximum Gasteiger partial charge on any atom is 0.267 e. The maximum absolute atomic E-state index is 13.5. The van der Waals surface area contributed by atoms with E-state index in [1.54, 1.807) is 54.6 Å². The summed E-state index contributed by atoms with van der Waals surface area (Å²) in [6.07, 6.45) is 0.390.